The van der Waals surface area contributed by atoms with Gasteiger partial charge in [0, 0.05) is 32.5 Å². The van der Waals surface area contributed by atoms with Crippen LogP contribution in [0.4, 0.5) is 0 Å². The van der Waals surface area contributed by atoms with Crippen LogP contribution >= 0.6 is 0 Å². The lowest BCUT2D eigenvalue weighted by Gasteiger charge is -2.31. The summed E-state index contributed by atoms with van der Waals surface area (Å²) in [6.07, 6.45) is 8.39. The van der Waals surface area contributed by atoms with Gasteiger partial charge in [0.2, 0.25) is 0 Å². The molecule has 3 heterocycles. The van der Waals surface area contributed by atoms with E-state index in [0.717, 1.165) is 50.3 Å². The van der Waals surface area contributed by atoms with Gasteiger partial charge in [-0.1, -0.05) is 6.92 Å². The van der Waals surface area contributed by atoms with Crippen LogP contribution in [-0.2, 0) is 20.0 Å². The van der Waals surface area contributed by atoms with E-state index in [9.17, 15) is 0 Å². The van der Waals surface area contributed by atoms with Crippen molar-refractivity contribution in [2.45, 2.75) is 38.8 Å². The van der Waals surface area contributed by atoms with Crippen molar-refractivity contribution >= 4 is 0 Å². The number of nitrogens with zero attached hydrogens (tertiary/aromatic N) is 6. The van der Waals surface area contributed by atoms with Crippen molar-refractivity contribution in [3.8, 4) is 6.01 Å². The average molecular weight is 302 g/mol. The molecule has 2 aromatic rings. The largest absolute Gasteiger partial charge is 0.460 e. The Labute approximate surface area is 130 Å². The SMILES string of the molecule is CCc1cnc(OC2CCN(Cc3ncnn3C)CC2)nc1. The molecule has 0 atom stereocenters. The fourth-order valence-corrected chi connectivity index (χ4v) is 2.58. The number of aromatic nitrogens is 5. The number of hydrogen-bond acceptors (Lipinski definition) is 6. The second-order valence-corrected chi connectivity index (χ2v) is 5.62. The summed E-state index contributed by atoms with van der Waals surface area (Å²) in [6.45, 7) is 4.91. The molecule has 0 saturated carbocycles. The topological polar surface area (TPSA) is 69.0 Å². The first-order valence-electron chi connectivity index (χ1n) is 7.77. The normalized spacial score (nSPS) is 16.8. The minimum absolute atomic E-state index is 0.197. The summed E-state index contributed by atoms with van der Waals surface area (Å²) in [4.78, 5) is 15.2. The van der Waals surface area contributed by atoms with Crippen molar-refractivity contribution in [1.82, 2.24) is 29.6 Å². The van der Waals surface area contributed by atoms with Crippen molar-refractivity contribution in [2.75, 3.05) is 13.1 Å². The quantitative estimate of drug-likeness (QED) is 0.827. The van der Waals surface area contributed by atoms with E-state index in [4.69, 9.17) is 4.74 Å². The van der Waals surface area contributed by atoms with E-state index >= 15 is 0 Å². The Morgan fingerprint density at radius 1 is 1.18 bits per heavy atom. The first-order chi connectivity index (χ1) is 10.7. The Kier molecular flexibility index (Phi) is 4.62. The lowest BCUT2D eigenvalue weighted by molar-refractivity contribution is 0.0873. The first-order valence-corrected chi connectivity index (χ1v) is 7.77. The van der Waals surface area contributed by atoms with Crippen molar-refractivity contribution in [2.24, 2.45) is 7.05 Å². The molecule has 7 heteroatoms. The van der Waals surface area contributed by atoms with E-state index in [1.54, 1.807) is 6.33 Å². The molecule has 0 bridgehead atoms. The molecule has 0 radical (unpaired) electrons. The second-order valence-electron chi connectivity index (χ2n) is 5.62. The highest BCUT2D eigenvalue weighted by molar-refractivity contribution is 5.07. The third kappa shape index (κ3) is 3.59. The molecular formula is C15H22N6O. The van der Waals surface area contributed by atoms with Crippen molar-refractivity contribution in [1.29, 1.82) is 0 Å². The summed E-state index contributed by atoms with van der Waals surface area (Å²) < 4.78 is 7.71. The Balaban J connectivity index is 1.48. The van der Waals surface area contributed by atoms with Gasteiger partial charge in [-0.05, 0) is 24.8 Å². The maximum Gasteiger partial charge on any atom is 0.316 e. The number of ether oxygens (including phenoxy) is 1. The lowest BCUT2D eigenvalue weighted by atomic mass is 10.1. The highest BCUT2D eigenvalue weighted by Gasteiger charge is 2.22. The van der Waals surface area contributed by atoms with Crippen LogP contribution in [0, 0.1) is 0 Å². The Morgan fingerprint density at radius 2 is 1.91 bits per heavy atom. The predicted molar refractivity (Wildman–Crippen MR) is 81.3 cm³/mol. The number of piperidine rings is 1. The Bertz CT molecular complexity index is 588. The smallest absolute Gasteiger partial charge is 0.316 e. The van der Waals surface area contributed by atoms with Gasteiger partial charge in [0.05, 0.1) is 6.54 Å². The molecule has 1 saturated heterocycles. The molecular weight excluding hydrogens is 280 g/mol. The van der Waals surface area contributed by atoms with Gasteiger partial charge >= 0.3 is 6.01 Å². The molecule has 22 heavy (non-hydrogen) atoms. The number of aryl methyl sites for hydroxylation is 2. The van der Waals surface area contributed by atoms with Crippen LogP contribution in [0.1, 0.15) is 31.2 Å². The van der Waals surface area contributed by atoms with Gasteiger partial charge in [-0.25, -0.2) is 15.0 Å². The summed E-state index contributed by atoms with van der Waals surface area (Å²) in [5.41, 5.74) is 1.13. The molecule has 2 aromatic heterocycles. The lowest BCUT2D eigenvalue weighted by Crippen LogP contribution is -2.38. The van der Waals surface area contributed by atoms with Gasteiger partial charge < -0.3 is 4.74 Å². The van der Waals surface area contributed by atoms with E-state index in [0.29, 0.717) is 6.01 Å². The zero-order valence-electron chi connectivity index (χ0n) is 13.1. The molecule has 3 rings (SSSR count). The molecule has 1 aliphatic heterocycles. The van der Waals surface area contributed by atoms with Crippen molar-refractivity contribution < 1.29 is 4.74 Å². The van der Waals surface area contributed by atoms with Crippen LogP contribution < -0.4 is 4.74 Å². The molecule has 0 N–H and O–H groups in total. The van der Waals surface area contributed by atoms with Crippen molar-refractivity contribution in [3.63, 3.8) is 0 Å². The van der Waals surface area contributed by atoms with Gasteiger partial charge in [0.25, 0.3) is 0 Å². The van der Waals surface area contributed by atoms with Crippen LogP contribution in [0.2, 0.25) is 0 Å². The Morgan fingerprint density at radius 3 is 2.50 bits per heavy atom. The van der Waals surface area contributed by atoms with Crippen LogP contribution in [0.25, 0.3) is 0 Å². The van der Waals surface area contributed by atoms with Crippen LogP contribution in [0.5, 0.6) is 6.01 Å². The van der Waals surface area contributed by atoms with E-state index < -0.39 is 0 Å². The van der Waals surface area contributed by atoms with Crippen molar-refractivity contribution in [3.05, 3.63) is 30.1 Å². The van der Waals surface area contributed by atoms with E-state index in [2.05, 4.69) is 31.9 Å². The Hall–Kier alpha value is -2.02. The molecule has 0 spiro atoms. The van der Waals surface area contributed by atoms with Gasteiger partial charge in [-0.15, -0.1) is 0 Å². The van der Waals surface area contributed by atoms with E-state index in [-0.39, 0.29) is 6.10 Å². The molecule has 118 valence electrons. The number of likely N-dealkylation sites (tertiary alicyclic amines) is 1. The third-order valence-electron chi connectivity index (χ3n) is 4.07. The highest BCUT2D eigenvalue weighted by Crippen LogP contribution is 2.17. The fourth-order valence-electron chi connectivity index (χ4n) is 2.58. The predicted octanol–water partition coefficient (Wildman–Crippen LogP) is 1.21. The molecule has 0 unspecified atom stereocenters. The van der Waals surface area contributed by atoms with Gasteiger partial charge in [0.1, 0.15) is 18.3 Å². The minimum Gasteiger partial charge on any atom is -0.460 e. The average Bonchev–Trinajstić information content (AvgIpc) is 2.95. The highest BCUT2D eigenvalue weighted by atomic mass is 16.5. The zero-order valence-corrected chi connectivity index (χ0v) is 13.1. The van der Waals surface area contributed by atoms with Gasteiger partial charge in [-0.3, -0.25) is 9.58 Å². The third-order valence-corrected chi connectivity index (χ3v) is 4.07. The summed E-state index contributed by atoms with van der Waals surface area (Å²) in [5.74, 6) is 0.998. The summed E-state index contributed by atoms with van der Waals surface area (Å²) in [5, 5.41) is 4.10. The van der Waals surface area contributed by atoms with E-state index in [1.807, 2.05) is 24.1 Å². The number of hydrogen-bond donors (Lipinski definition) is 0. The standard InChI is InChI=1S/C15H22N6O/c1-3-12-8-16-15(17-9-12)22-13-4-6-21(7-5-13)10-14-18-11-19-20(14)2/h8-9,11,13H,3-7,10H2,1-2H3. The summed E-state index contributed by atoms with van der Waals surface area (Å²) in [7, 11) is 1.93. The second kappa shape index (κ2) is 6.83. The molecule has 0 amide bonds. The van der Waals surface area contributed by atoms with Crippen LogP contribution in [-0.4, -0.2) is 48.8 Å². The van der Waals surface area contributed by atoms with Crippen LogP contribution in [0.3, 0.4) is 0 Å². The monoisotopic (exact) mass is 302 g/mol. The zero-order chi connectivity index (χ0) is 15.4. The molecule has 1 aliphatic rings. The molecule has 1 fully saturated rings. The van der Waals surface area contributed by atoms with Gasteiger partial charge in [-0.2, -0.15) is 5.10 Å². The fraction of sp³-hybridized carbons (Fsp3) is 0.600. The molecule has 0 aliphatic carbocycles. The molecule has 0 aromatic carbocycles. The summed E-state index contributed by atoms with van der Waals surface area (Å²) >= 11 is 0. The first kappa shape index (κ1) is 14.9. The maximum atomic E-state index is 5.88. The van der Waals surface area contributed by atoms with Gasteiger partial charge in [0.15, 0.2) is 0 Å². The minimum atomic E-state index is 0.197. The molecule has 7 nitrogen and oxygen atoms in total. The van der Waals surface area contributed by atoms with E-state index in [1.165, 1.54) is 0 Å². The number of rotatable bonds is 5. The summed E-state index contributed by atoms with van der Waals surface area (Å²) in [6, 6.07) is 0.490. The van der Waals surface area contributed by atoms with Crippen LogP contribution in [0.15, 0.2) is 18.7 Å². The maximum absolute atomic E-state index is 5.88.